The molecule has 2 aromatic heterocycles. The monoisotopic (exact) mass is 424 g/mol. The summed E-state index contributed by atoms with van der Waals surface area (Å²) >= 11 is 0. The minimum absolute atomic E-state index is 0.00168. The van der Waals surface area contributed by atoms with E-state index in [1.807, 2.05) is 32.9 Å². The van der Waals surface area contributed by atoms with E-state index in [-0.39, 0.29) is 30.1 Å². The second kappa shape index (κ2) is 8.63. The van der Waals surface area contributed by atoms with E-state index in [4.69, 9.17) is 13.7 Å². The van der Waals surface area contributed by atoms with Crippen molar-refractivity contribution in [3.63, 3.8) is 0 Å². The SMILES string of the molecule is CCCN1C(=O)COc2ccc(-c3noc([C@@H](NC(=O)c4ccco4)C(C)C)n3)cc21. The summed E-state index contributed by atoms with van der Waals surface area (Å²) in [7, 11) is 0. The molecule has 1 atom stereocenters. The number of fused-ring (bicyclic) bond motifs is 1. The third-order valence-corrected chi connectivity index (χ3v) is 5.01. The zero-order chi connectivity index (χ0) is 22.0. The number of nitrogens with one attached hydrogen (secondary N) is 1. The molecule has 1 aliphatic rings. The van der Waals surface area contributed by atoms with Gasteiger partial charge in [-0.25, -0.2) is 0 Å². The van der Waals surface area contributed by atoms with Crippen LogP contribution < -0.4 is 15.0 Å². The number of carbonyl (C=O) groups is 2. The van der Waals surface area contributed by atoms with Crippen molar-refractivity contribution >= 4 is 17.5 Å². The molecule has 0 saturated carbocycles. The maximum atomic E-state index is 12.4. The van der Waals surface area contributed by atoms with E-state index in [1.165, 1.54) is 6.26 Å². The van der Waals surface area contributed by atoms with E-state index in [9.17, 15) is 9.59 Å². The van der Waals surface area contributed by atoms with Crippen molar-refractivity contribution in [3.05, 3.63) is 48.2 Å². The van der Waals surface area contributed by atoms with Gasteiger partial charge in [0.15, 0.2) is 12.4 Å². The molecule has 1 aliphatic heterocycles. The number of amides is 2. The van der Waals surface area contributed by atoms with Gasteiger partial charge in [0.1, 0.15) is 11.8 Å². The molecule has 3 aromatic rings. The Morgan fingerprint density at radius 2 is 2.13 bits per heavy atom. The summed E-state index contributed by atoms with van der Waals surface area (Å²) in [5, 5.41) is 6.97. The smallest absolute Gasteiger partial charge is 0.287 e. The summed E-state index contributed by atoms with van der Waals surface area (Å²) in [6.07, 6.45) is 2.27. The number of hydrogen-bond acceptors (Lipinski definition) is 7. The number of nitrogens with zero attached hydrogens (tertiary/aromatic N) is 3. The first-order valence-corrected chi connectivity index (χ1v) is 10.2. The molecular weight excluding hydrogens is 400 g/mol. The Balaban J connectivity index is 1.60. The van der Waals surface area contributed by atoms with E-state index >= 15 is 0 Å². The summed E-state index contributed by atoms with van der Waals surface area (Å²) in [5.41, 5.74) is 1.38. The largest absolute Gasteiger partial charge is 0.482 e. The molecule has 1 N–H and O–H groups in total. The van der Waals surface area contributed by atoms with E-state index in [2.05, 4.69) is 15.5 Å². The predicted octanol–water partition coefficient (Wildman–Crippen LogP) is 3.59. The zero-order valence-corrected chi connectivity index (χ0v) is 17.6. The van der Waals surface area contributed by atoms with Crippen molar-refractivity contribution in [2.24, 2.45) is 5.92 Å². The molecule has 0 spiro atoms. The topological polar surface area (TPSA) is 111 Å². The number of carbonyl (C=O) groups excluding carboxylic acids is 2. The van der Waals surface area contributed by atoms with Crippen molar-refractivity contribution in [1.29, 1.82) is 0 Å². The number of anilines is 1. The number of hydrogen-bond donors (Lipinski definition) is 1. The Bertz CT molecular complexity index is 1070. The molecule has 0 radical (unpaired) electrons. The van der Waals surface area contributed by atoms with Crippen LogP contribution in [0.5, 0.6) is 5.75 Å². The Kier molecular flexibility index (Phi) is 5.75. The first kappa shape index (κ1) is 20.6. The fraction of sp³-hybridized carbons (Fsp3) is 0.364. The molecule has 0 saturated heterocycles. The third-order valence-electron chi connectivity index (χ3n) is 5.01. The zero-order valence-electron chi connectivity index (χ0n) is 17.6. The molecule has 9 heteroatoms. The molecule has 0 aliphatic carbocycles. The van der Waals surface area contributed by atoms with Crippen LogP contribution >= 0.6 is 0 Å². The standard InChI is InChI=1S/C22H24N4O5/c1-4-9-26-15-11-14(7-8-16(15)30-12-18(26)27)20-24-22(31-25-20)19(13(2)3)23-21(28)17-6-5-10-29-17/h5-8,10-11,13,19H,4,9,12H2,1-3H3,(H,23,28)/t19-/m0/s1. The highest BCUT2D eigenvalue weighted by atomic mass is 16.5. The molecule has 4 rings (SSSR count). The van der Waals surface area contributed by atoms with Crippen LogP contribution in [-0.4, -0.2) is 35.1 Å². The maximum absolute atomic E-state index is 12.4. The molecule has 2 amide bonds. The molecule has 162 valence electrons. The minimum Gasteiger partial charge on any atom is -0.482 e. The Labute approximate surface area is 179 Å². The Morgan fingerprint density at radius 1 is 1.29 bits per heavy atom. The molecule has 31 heavy (non-hydrogen) atoms. The maximum Gasteiger partial charge on any atom is 0.287 e. The lowest BCUT2D eigenvalue weighted by Crippen LogP contribution is -2.39. The average Bonchev–Trinajstić information content (AvgIpc) is 3.46. The first-order chi connectivity index (χ1) is 15.0. The van der Waals surface area contributed by atoms with Gasteiger partial charge in [0.05, 0.1) is 12.0 Å². The van der Waals surface area contributed by atoms with E-state index < -0.39 is 6.04 Å². The molecule has 1 aromatic carbocycles. The summed E-state index contributed by atoms with van der Waals surface area (Å²) in [6.45, 7) is 6.54. The highest BCUT2D eigenvalue weighted by Gasteiger charge is 2.28. The predicted molar refractivity (Wildman–Crippen MR) is 112 cm³/mol. The van der Waals surface area contributed by atoms with Crippen molar-refractivity contribution in [2.75, 3.05) is 18.1 Å². The molecular formula is C22H24N4O5. The second-order valence-electron chi connectivity index (χ2n) is 7.65. The van der Waals surface area contributed by atoms with Crippen molar-refractivity contribution in [1.82, 2.24) is 15.5 Å². The van der Waals surface area contributed by atoms with Gasteiger partial charge in [-0.3, -0.25) is 9.59 Å². The van der Waals surface area contributed by atoms with Crippen LogP contribution in [0.3, 0.4) is 0 Å². The van der Waals surface area contributed by atoms with Gasteiger partial charge in [-0.2, -0.15) is 4.98 Å². The van der Waals surface area contributed by atoms with Gasteiger partial charge in [-0.05, 0) is 42.7 Å². The average molecular weight is 424 g/mol. The van der Waals surface area contributed by atoms with Crippen LogP contribution in [0.4, 0.5) is 5.69 Å². The van der Waals surface area contributed by atoms with Crippen molar-refractivity contribution < 1.29 is 23.3 Å². The lowest BCUT2D eigenvalue weighted by molar-refractivity contribution is -0.121. The highest BCUT2D eigenvalue weighted by molar-refractivity contribution is 5.98. The molecule has 0 unspecified atom stereocenters. The Morgan fingerprint density at radius 3 is 2.84 bits per heavy atom. The van der Waals surface area contributed by atoms with E-state index in [0.29, 0.717) is 35.3 Å². The lowest BCUT2D eigenvalue weighted by Gasteiger charge is -2.29. The number of benzene rings is 1. The number of furan rings is 1. The minimum atomic E-state index is -0.488. The number of ether oxygens (including phenoxy) is 1. The van der Waals surface area contributed by atoms with Crippen LogP contribution in [0.2, 0.25) is 0 Å². The van der Waals surface area contributed by atoms with Crippen LogP contribution in [0.1, 0.15) is 49.7 Å². The third kappa shape index (κ3) is 4.16. The fourth-order valence-corrected chi connectivity index (χ4v) is 3.42. The molecule has 0 fully saturated rings. The van der Waals surface area contributed by atoms with Gasteiger partial charge in [0, 0.05) is 12.1 Å². The van der Waals surface area contributed by atoms with Crippen LogP contribution in [0.15, 0.2) is 45.5 Å². The van der Waals surface area contributed by atoms with Crippen LogP contribution in [-0.2, 0) is 4.79 Å². The number of rotatable bonds is 7. The molecule has 3 heterocycles. The van der Waals surface area contributed by atoms with Gasteiger partial charge in [-0.1, -0.05) is 25.9 Å². The Hall–Kier alpha value is -3.62. The summed E-state index contributed by atoms with van der Waals surface area (Å²) in [6, 6.07) is 8.19. The fourth-order valence-electron chi connectivity index (χ4n) is 3.42. The normalized spacial score (nSPS) is 14.3. The summed E-state index contributed by atoms with van der Waals surface area (Å²) < 4.78 is 16.2. The summed E-state index contributed by atoms with van der Waals surface area (Å²) in [5.74, 6) is 1.07. The lowest BCUT2D eigenvalue weighted by atomic mass is 10.0. The van der Waals surface area contributed by atoms with E-state index in [1.54, 1.807) is 23.1 Å². The first-order valence-electron chi connectivity index (χ1n) is 10.2. The van der Waals surface area contributed by atoms with Gasteiger partial charge < -0.3 is 23.9 Å². The quantitative estimate of drug-likeness (QED) is 0.617. The van der Waals surface area contributed by atoms with Crippen LogP contribution in [0, 0.1) is 5.92 Å². The van der Waals surface area contributed by atoms with Gasteiger partial charge in [0.25, 0.3) is 11.8 Å². The van der Waals surface area contributed by atoms with Crippen LogP contribution in [0.25, 0.3) is 11.4 Å². The molecule has 9 nitrogen and oxygen atoms in total. The van der Waals surface area contributed by atoms with Gasteiger partial charge >= 0.3 is 0 Å². The summed E-state index contributed by atoms with van der Waals surface area (Å²) in [4.78, 5) is 30.9. The number of aromatic nitrogens is 2. The highest BCUT2D eigenvalue weighted by Crippen LogP contribution is 2.36. The molecule has 0 bridgehead atoms. The van der Waals surface area contributed by atoms with E-state index in [0.717, 1.165) is 6.42 Å². The van der Waals surface area contributed by atoms with Gasteiger partial charge in [-0.15, -0.1) is 0 Å². The van der Waals surface area contributed by atoms with Crippen molar-refractivity contribution in [2.45, 2.75) is 33.2 Å². The van der Waals surface area contributed by atoms with Crippen molar-refractivity contribution in [3.8, 4) is 17.1 Å². The second-order valence-corrected chi connectivity index (χ2v) is 7.65. The van der Waals surface area contributed by atoms with Gasteiger partial charge in [0.2, 0.25) is 11.7 Å².